The van der Waals surface area contributed by atoms with Crippen LogP contribution in [0.25, 0.3) is 0 Å². The molecule has 1 N–H and O–H groups in total. The number of carbonyl (C=O) groups excluding carboxylic acids is 2. The number of anilines is 1. The van der Waals surface area contributed by atoms with Crippen molar-refractivity contribution in [2.45, 2.75) is 19.4 Å². The molecule has 4 nitrogen and oxygen atoms in total. The number of hydrogen-bond donors (Lipinski definition) is 1. The number of nitrogens with zero attached hydrogens (tertiary/aromatic N) is 1. The molecule has 0 spiro atoms. The summed E-state index contributed by atoms with van der Waals surface area (Å²) < 4.78 is 13.2. The minimum atomic E-state index is -0.457. The van der Waals surface area contributed by atoms with E-state index in [1.165, 1.54) is 18.2 Å². The first-order valence-electron chi connectivity index (χ1n) is 7.46. The van der Waals surface area contributed by atoms with E-state index < -0.39 is 5.82 Å². The van der Waals surface area contributed by atoms with Gasteiger partial charge in [-0.05, 0) is 37.3 Å². The third kappa shape index (κ3) is 3.39. The van der Waals surface area contributed by atoms with Crippen LogP contribution in [0.5, 0.6) is 0 Å². The Balaban J connectivity index is 1.68. The van der Waals surface area contributed by atoms with Gasteiger partial charge in [-0.1, -0.05) is 23.8 Å². The highest BCUT2D eigenvalue weighted by Gasteiger charge is 2.31. The van der Waals surface area contributed by atoms with Crippen LogP contribution in [-0.2, 0) is 4.79 Å². The van der Waals surface area contributed by atoms with E-state index in [1.807, 2.05) is 31.2 Å². The number of halogens is 1. The summed E-state index contributed by atoms with van der Waals surface area (Å²) in [6.45, 7) is 2.40. The van der Waals surface area contributed by atoms with Crippen molar-refractivity contribution in [3.8, 4) is 0 Å². The number of carbonyl (C=O) groups is 2. The molecule has 1 heterocycles. The van der Waals surface area contributed by atoms with Gasteiger partial charge in [-0.3, -0.25) is 9.59 Å². The predicted molar refractivity (Wildman–Crippen MR) is 85.8 cm³/mol. The molecule has 0 aromatic heterocycles. The average Bonchev–Trinajstić information content (AvgIpc) is 2.88. The maximum atomic E-state index is 13.2. The summed E-state index contributed by atoms with van der Waals surface area (Å²) in [4.78, 5) is 26.0. The third-order valence-corrected chi connectivity index (χ3v) is 3.89. The van der Waals surface area contributed by atoms with Crippen LogP contribution in [0.15, 0.2) is 48.5 Å². The molecule has 0 saturated carbocycles. The van der Waals surface area contributed by atoms with E-state index in [-0.39, 0.29) is 29.8 Å². The van der Waals surface area contributed by atoms with Gasteiger partial charge in [0, 0.05) is 24.2 Å². The first-order chi connectivity index (χ1) is 11.0. The molecule has 1 aliphatic rings. The van der Waals surface area contributed by atoms with Gasteiger partial charge < -0.3 is 10.2 Å². The molecule has 0 aliphatic carbocycles. The van der Waals surface area contributed by atoms with Gasteiger partial charge in [0.15, 0.2) is 0 Å². The van der Waals surface area contributed by atoms with Crippen molar-refractivity contribution in [1.29, 1.82) is 0 Å². The molecular formula is C18H17FN2O2. The minimum absolute atomic E-state index is 0.0293. The molecule has 3 rings (SSSR count). The van der Waals surface area contributed by atoms with Crippen LogP contribution in [-0.4, -0.2) is 24.4 Å². The lowest BCUT2D eigenvalue weighted by Crippen LogP contribution is -2.37. The normalized spacial score (nSPS) is 17.4. The number of aryl methyl sites for hydroxylation is 1. The molecule has 0 bridgehead atoms. The SMILES string of the molecule is Cc1ccc(N2CC(NC(=O)c3cccc(F)c3)CC2=O)cc1. The van der Waals surface area contributed by atoms with Crippen molar-refractivity contribution < 1.29 is 14.0 Å². The first kappa shape index (κ1) is 15.2. The highest BCUT2D eigenvalue weighted by molar-refractivity contribution is 5.98. The number of benzene rings is 2. The van der Waals surface area contributed by atoms with E-state index in [0.29, 0.717) is 6.54 Å². The zero-order valence-electron chi connectivity index (χ0n) is 12.8. The van der Waals surface area contributed by atoms with E-state index in [9.17, 15) is 14.0 Å². The Morgan fingerprint density at radius 1 is 1.22 bits per heavy atom. The first-order valence-corrected chi connectivity index (χ1v) is 7.46. The van der Waals surface area contributed by atoms with Crippen molar-refractivity contribution in [2.24, 2.45) is 0 Å². The van der Waals surface area contributed by atoms with Crippen LogP contribution in [0.1, 0.15) is 22.3 Å². The summed E-state index contributed by atoms with van der Waals surface area (Å²) in [5, 5.41) is 2.80. The second kappa shape index (κ2) is 6.20. The lowest BCUT2D eigenvalue weighted by molar-refractivity contribution is -0.117. The van der Waals surface area contributed by atoms with Gasteiger partial charge >= 0.3 is 0 Å². The second-order valence-electron chi connectivity index (χ2n) is 5.72. The Bertz CT molecular complexity index is 743. The largest absolute Gasteiger partial charge is 0.347 e. The monoisotopic (exact) mass is 312 g/mol. The lowest BCUT2D eigenvalue weighted by Gasteiger charge is -2.17. The van der Waals surface area contributed by atoms with Crippen molar-refractivity contribution in [3.05, 3.63) is 65.5 Å². The highest BCUT2D eigenvalue weighted by Crippen LogP contribution is 2.22. The molecule has 1 unspecified atom stereocenters. The predicted octanol–water partition coefficient (Wildman–Crippen LogP) is 2.67. The molecule has 2 amide bonds. The summed E-state index contributed by atoms with van der Waals surface area (Å²) in [5.74, 6) is -0.854. The van der Waals surface area contributed by atoms with E-state index in [4.69, 9.17) is 0 Å². The number of hydrogen-bond acceptors (Lipinski definition) is 2. The van der Waals surface area contributed by atoms with Crippen LogP contribution in [0.4, 0.5) is 10.1 Å². The molecule has 5 heteroatoms. The molecule has 1 atom stereocenters. The Kier molecular flexibility index (Phi) is 4.10. The van der Waals surface area contributed by atoms with Crippen molar-refractivity contribution in [2.75, 3.05) is 11.4 Å². The van der Waals surface area contributed by atoms with E-state index in [1.54, 1.807) is 11.0 Å². The highest BCUT2D eigenvalue weighted by atomic mass is 19.1. The minimum Gasteiger partial charge on any atom is -0.347 e. The maximum Gasteiger partial charge on any atom is 0.251 e. The maximum absolute atomic E-state index is 13.2. The smallest absolute Gasteiger partial charge is 0.251 e. The van der Waals surface area contributed by atoms with Gasteiger partial charge in [-0.2, -0.15) is 0 Å². The van der Waals surface area contributed by atoms with Gasteiger partial charge in [-0.25, -0.2) is 4.39 Å². The molecule has 0 radical (unpaired) electrons. The van der Waals surface area contributed by atoms with Gasteiger partial charge in [0.2, 0.25) is 5.91 Å². The summed E-state index contributed by atoms with van der Waals surface area (Å²) in [7, 11) is 0. The molecule has 1 aliphatic heterocycles. The molecule has 1 fully saturated rings. The van der Waals surface area contributed by atoms with E-state index >= 15 is 0 Å². The second-order valence-corrected chi connectivity index (χ2v) is 5.72. The molecule has 2 aromatic carbocycles. The Morgan fingerprint density at radius 3 is 2.65 bits per heavy atom. The average molecular weight is 312 g/mol. The number of rotatable bonds is 3. The Morgan fingerprint density at radius 2 is 1.96 bits per heavy atom. The molecular weight excluding hydrogens is 295 g/mol. The quantitative estimate of drug-likeness (QED) is 0.947. The van der Waals surface area contributed by atoms with E-state index in [0.717, 1.165) is 11.3 Å². The summed E-state index contributed by atoms with van der Waals surface area (Å²) in [5.41, 5.74) is 2.20. The lowest BCUT2D eigenvalue weighted by atomic mass is 10.2. The summed E-state index contributed by atoms with van der Waals surface area (Å²) >= 11 is 0. The number of amides is 2. The molecule has 23 heavy (non-hydrogen) atoms. The van der Waals surface area contributed by atoms with Crippen molar-refractivity contribution >= 4 is 17.5 Å². The van der Waals surface area contributed by atoms with Crippen LogP contribution in [0.2, 0.25) is 0 Å². The zero-order chi connectivity index (χ0) is 16.4. The summed E-state index contributed by atoms with van der Waals surface area (Å²) in [6.07, 6.45) is 0.245. The van der Waals surface area contributed by atoms with Gasteiger partial charge in [0.1, 0.15) is 5.82 Å². The van der Waals surface area contributed by atoms with Crippen LogP contribution >= 0.6 is 0 Å². The molecule has 1 saturated heterocycles. The Labute approximate surface area is 133 Å². The van der Waals surface area contributed by atoms with Crippen LogP contribution < -0.4 is 10.2 Å². The van der Waals surface area contributed by atoms with E-state index in [2.05, 4.69) is 5.32 Å². The summed E-state index contributed by atoms with van der Waals surface area (Å²) in [6, 6.07) is 12.9. The zero-order valence-corrected chi connectivity index (χ0v) is 12.8. The fraction of sp³-hybridized carbons (Fsp3) is 0.222. The standard InChI is InChI=1S/C18H17FN2O2/c1-12-5-7-16(8-6-12)21-11-15(10-17(21)22)20-18(23)13-3-2-4-14(19)9-13/h2-9,15H,10-11H2,1H3,(H,20,23). The van der Waals surface area contributed by atoms with Gasteiger partial charge in [0.25, 0.3) is 5.91 Å². The molecule has 2 aromatic rings. The van der Waals surface area contributed by atoms with Gasteiger partial charge in [0.05, 0.1) is 6.04 Å². The Hall–Kier alpha value is -2.69. The van der Waals surface area contributed by atoms with Gasteiger partial charge in [-0.15, -0.1) is 0 Å². The third-order valence-electron chi connectivity index (χ3n) is 3.89. The van der Waals surface area contributed by atoms with Crippen LogP contribution in [0, 0.1) is 12.7 Å². The molecule has 118 valence electrons. The van der Waals surface area contributed by atoms with Crippen LogP contribution in [0.3, 0.4) is 0 Å². The fourth-order valence-electron chi connectivity index (χ4n) is 2.68. The van der Waals surface area contributed by atoms with Crippen molar-refractivity contribution in [1.82, 2.24) is 5.32 Å². The number of nitrogens with one attached hydrogen (secondary N) is 1. The topological polar surface area (TPSA) is 49.4 Å². The van der Waals surface area contributed by atoms with Crippen molar-refractivity contribution in [3.63, 3.8) is 0 Å². The fourth-order valence-corrected chi connectivity index (χ4v) is 2.68.